The average Bonchev–Trinajstić information content (AvgIpc) is 2.63. The van der Waals surface area contributed by atoms with Gasteiger partial charge in [-0.05, 0) is 23.8 Å². The summed E-state index contributed by atoms with van der Waals surface area (Å²) in [6.45, 7) is 5.88. The van der Waals surface area contributed by atoms with Crippen molar-refractivity contribution < 1.29 is 9.53 Å². The first-order valence-corrected chi connectivity index (χ1v) is 6.44. The standard InChI is InChI=1S/C14H14BrNO2/c1-14(2,3)13-16-11(12(17)18-13)8-9-4-6-10(15)7-5-9/h4-8H,1-3H3/b11-8-. The number of esters is 1. The molecule has 2 rings (SSSR count). The van der Waals surface area contributed by atoms with Crippen molar-refractivity contribution in [3.63, 3.8) is 0 Å². The Hall–Kier alpha value is -1.42. The molecule has 4 heteroatoms. The predicted octanol–water partition coefficient (Wildman–Crippen LogP) is 3.79. The third-order valence-electron chi connectivity index (χ3n) is 2.44. The normalized spacial score (nSPS) is 17.9. The maximum atomic E-state index is 11.7. The van der Waals surface area contributed by atoms with Crippen molar-refractivity contribution >= 4 is 33.9 Å². The Labute approximate surface area is 115 Å². The highest BCUT2D eigenvalue weighted by atomic mass is 79.9. The quantitative estimate of drug-likeness (QED) is 0.585. The fourth-order valence-corrected chi connectivity index (χ4v) is 1.71. The van der Waals surface area contributed by atoms with Gasteiger partial charge in [-0.25, -0.2) is 9.79 Å². The number of hydrogen-bond acceptors (Lipinski definition) is 3. The Balaban J connectivity index is 2.31. The molecular formula is C14H14BrNO2. The Morgan fingerprint density at radius 2 is 1.83 bits per heavy atom. The Kier molecular flexibility index (Phi) is 3.39. The molecule has 0 amide bonds. The molecule has 0 N–H and O–H groups in total. The molecule has 1 aliphatic rings. The summed E-state index contributed by atoms with van der Waals surface area (Å²) in [6.07, 6.45) is 1.73. The van der Waals surface area contributed by atoms with E-state index in [1.54, 1.807) is 6.08 Å². The summed E-state index contributed by atoms with van der Waals surface area (Å²) in [5.41, 5.74) is 1.01. The molecule has 94 valence electrons. The summed E-state index contributed by atoms with van der Waals surface area (Å²) in [5, 5.41) is 0. The second-order valence-electron chi connectivity index (χ2n) is 5.14. The zero-order valence-corrected chi connectivity index (χ0v) is 12.1. The van der Waals surface area contributed by atoms with Crippen LogP contribution in [-0.4, -0.2) is 11.9 Å². The Bertz CT molecular complexity index is 536. The lowest BCUT2D eigenvalue weighted by atomic mass is 9.97. The van der Waals surface area contributed by atoms with Crippen LogP contribution in [0.15, 0.2) is 39.4 Å². The molecule has 0 aliphatic carbocycles. The van der Waals surface area contributed by atoms with Gasteiger partial charge in [-0.1, -0.05) is 48.8 Å². The molecule has 1 aromatic rings. The van der Waals surface area contributed by atoms with Crippen LogP contribution in [0, 0.1) is 5.41 Å². The average molecular weight is 308 g/mol. The highest BCUT2D eigenvalue weighted by Gasteiger charge is 2.31. The molecule has 1 aromatic carbocycles. The smallest absolute Gasteiger partial charge is 0.363 e. The first-order chi connectivity index (χ1) is 8.36. The Morgan fingerprint density at radius 1 is 1.22 bits per heavy atom. The van der Waals surface area contributed by atoms with E-state index in [0.717, 1.165) is 10.0 Å². The molecule has 3 nitrogen and oxygen atoms in total. The molecule has 0 saturated carbocycles. The van der Waals surface area contributed by atoms with Gasteiger partial charge in [0.2, 0.25) is 5.90 Å². The van der Waals surface area contributed by atoms with Crippen molar-refractivity contribution in [2.45, 2.75) is 20.8 Å². The molecule has 0 spiro atoms. The maximum absolute atomic E-state index is 11.7. The van der Waals surface area contributed by atoms with Crippen molar-refractivity contribution in [2.75, 3.05) is 0 Å². The zero-order chi connectivity index (χ0) is 13.3. The SMILES string of the molecule is CC(C)(C)C1=N/C(=C\c2ccc(Br)cc2)C(=O)O1. The first kappa shape index (κ1) is 13.0. The van der Waals surface area contributed by atoms with Gasteiger partial charge in [-0.3, -0.25) is 0 Å². The highest BCUT2D eigenvalue weighted by molar-refractivity contribution is 9.10. The number of rotatable bonds is 1. The third-order valence-corrected chi connectivity index (χ3v) is 2.96. The second-order valence-corrected chi connectivity index (χ2v) is 6.05. The number of benzene rings is 1. The minimum atomic E-state index is -0.386. The molecule has 0 radical (unpaired) electrons. The molecule has 1 aliphatic heterocycles. The van der Waals surface area contributed by atoms with E-state index in [1.807, 2.05) is 45.0 Å². The summed E-state index contributed by atoms with van der Waals surface area (Å²) in [4.78, 5) is 15.9. The summed E-state index contributed by atoms with van der Waals surface area (Å²) in [6, 6.07) is 7.66. The van der Waals surface area contributed by atoms with Crippen molar-refractivity contribution in [2.24, 2.45) is 10.4 Å². The first-order valence-electron chi connectivity index (χ1n) is 5.65. The van der Waals surface area contributed by atoms with E-state index in [0.29, 0.717) is 11.6 Å². The topological polar surface area (TPSA) is 38.7 Å². The van der Waals surface area contributed by atoms with Crippen molar-refractivity contribution in [3.05, 3.63) is 40.0 Å². The van der Waals surface area contributed by atoms with Gasteiger partial charge in [0.1, 0.15) is 0 Å². The largest absolute Gasteiger partial charge is 0.406 e. The summed E-state index contributed by atoms with van der Waals surface area (Å²) >= 11 is 3.37. The van der Waals surface area contributed by atoms with Crippen LogP contribution in [0.2, 0.25) is 0 Å². The van der Waals surface area contributed by atoms with Crippen LogP contribution in [0.3, 0.4) is 0 Å². The lowest BCUT2D eigenvalue weighted by molar-refractivity contribution is -0.130. The number of carbonyl (C=O) groups excluding carboxylic acids is 1. The molecule has 18 heavy (non-hydrogen) atoms. The molecule has 0 unspecified atom stereocenters. The number of cyclic esters (lactones) is 1. The van der Waals surface area contributed by atoms with E-state index < -0.39 is 0 Å². The van der Waals surface area contributed by atoms with E-state index in [9.17, 15) is 4.79 Å². The second kappa shape index (κ2) is 4.69. The van der Waals surface area contributed by atoms with Crippen LogP contribution in [0.25, 0.3) is 6.08 Å². The van der Waals surface area contributed by atoms with Gasteiger partial charge >= 0.3 is 5.97 Å². The van der Waals surface area contributed by atoms with Crippen LogP contribution in [-0.2, 0) is 9.53 Å². The maximum Gasteiger partial charge on any atom is 0.363 e. The van der Waals surface area contributed by atoms with Crippen LogP contribution in [0.4, 0.5) is 0 Å². The molecule has 0 aromatic heterocycles. The van der Waals surface area contributed by atoms with E-state index in [-0.39, 0.29) is 11.4 Å². The summed E-state index contributed by atoms with van der Waals surface area (Å²) < 4.78 is 6.17. The summed E-state index contributed by atoms with van der Waals surface area (Å²) in [5.74, 6) is 0.0821. The van der Waals surface area contributed by atoms with E-state index in [4.69, 9.17) is 4.74 Å². The molecule has 0 saturated heterocycles. The van der Waals surface area contributed by atoms with E-state index >= 15 is 0 Å². The fraction of sp³-hybridized carbons (Fsp3) is 0.286. The van der Waals surface area contributed by atoms with Crippen LogP contribution in [0.5, 0.6) is 0 Å². The molecular weight excluding hydrogens is 294 g/mol. The van der Waals surface area contributed by atoms with Gasteiger partial charge < -0.3 is 4.74 Å². The number of hydrogen-bond donors (Lipinski definition) is 0. The summed E-state index contributed by atoms with van der Waals surface area (Å²) in [7, 11) is 0. The lowest BCUT2D eigenvalue weighted by Gasteiger charge is -2.15. The van der Waals surface area contributed by atoms with E-state index in [1.165, 1.54) is 0 Å². The van der Waals surface area contributed by atoms with Crippen LogP contribution in [0.1, 0.15) is 26.3 Å². The molecule has 0 atom stereocenters. The fourth-order valence-electron chi connectivity index (χ4n) is 1.45. The van der Waals surface area contributed by atoms with Gasteiger partial charge in [0.25, 0.3) is 0 Å². The highest BCUT2D eigenvalue weighted by Crippen LogP contribution is 2.25. The minimum Gasteiger partial charge on any atom is -0.406 e. The van der Waals surface area contributed by atoms with Gasteiger partial charge in [-0.2, -0.15) is 0 Å². The zero-order valence-electron chi connectivity index (χ0n) is 10.5. The number of halogens is 1. The number of aliphatic imine (C=N–C) groups is 1. The van der Waals surface area contributed by atoms with Crippen LogP contribution < -0.4 is 0 Å². The van der Waals surface area contributed by atoms with Crippen molar-refractivity contribution in [3.8, 4) is 0 Å². The monoisotopic (exact) mass is 307 g/mol. The number of ether oxygens (including phenoxy) is 1. The number of carbonyl (C=O) groups is 1. The predicted molar refractivity (Wildman–Crippen MR) is 75.1 cm³/mol. The van der Waals surface area contributed by atoms with Gasteiger partial charge in [0.05, 0.1) is 0 Å². The lowest BCUT2D eigenvalue weighted by Crippen LogP contribution is -2.21. The molecule has 0 bridgehead atoms. The van der Waals surface area contributed by atoms with Gasteiger partial charge in [0.15, 0.2) is 5.70 Å². The van der Waals surface area contributed by atoms with Crippen molar-refractivity contribution in [1.29, 1.82) is 0 Å². The van der Waals surface area contributed by atoms with Gasteiger partial charge in [0, 0.05) is 9.89 Å². The molecule has 0 fully saturated rings. The molecule has 1 heterocycles. The van der Waals surface area contributed by atoms with E-state index in [2.05, 4.69) is 20.9 Å². The van der Waals surface area contributed by atoms with Gasteiger partial charge in [-0.15, -0.1) is 0 Å². The minimum absolute atomic E-state index is 0.259. The van der Waals surface area contributed by atoms with Crippen molar-refractivity contribution in [1.82, 2.24) is 0 Å². The third kappa shape index (κ3) is 2.88. The Morgan fingerprint density at radius 3 is 2.33 bits per heavy atom. The van der Waals surface area contributed by atoms with Crippen LogP contribution >= 0.6 is 15.9 Å². The number of nitrogens with zero attached hydrogens (tertiary/aromatic N) is 1.